The maximum atomic E-state index is 11.3. The first-order chi connectivity index (χ1) is 7.58. The van der Waals surface area contributed by atoms with Crippen LogP contribution in [0.2, 0.25) is 0 Å². The minimum absolute atomic E-state index is 0.134. The van der Waals surface area contributed by atoms with Crippen molar-refractivity contribution in [2.24, 2.45) is 0 Å². The van der Waals surface area contributed by atoms with Gasteiger partial charge in [-0.25, -0.2) is 4.79 Å². The lowest BCUT2D eigenvalue weighted by Crippen LogP contribution is -2.04. The summed E-state index contributed by atoms with van der Waals surface area (Å²) in [6, 6.07) is 4.59. The Labute approximate surface area is 102 Å². The Morgan fingerprint density at radius 1 is 1.25 bits per heavy atom. The van der Waals surface area contributed by atoms with Crippen molar-refractivity contribution in [1.82, 2.24) is 0 Å². The van der Waals surface area contributed by atoms with Crippen LogP contribution in [0.3, 0.4) is 0 Å². The van der Waals surface area contributed by atoms with Gasteiger partial charge in [-0.05, 0) is 41.1 Å². The van der Waals surface area contributed by atoms with E-state index in [0.717, 1.165) is 0 Å². The van der Waals surface area contributed by atoms with Crippen LogP contribution in [0.15, 0.2) is 18.2 Å². The number of hydrogen-bond donors (Lipinski definition) is 0. The monoisotopic (exact) mass is 286 g/mol. The van der Waals surface area contributed by atoms with Crippen LogP contribution in [-0.4, -0.2) is 24.4 Å². The summed E-state index contributed by atoms with van der Waals surface area (Å²) >= 11 is 3.10. The van der Waals surface area contributed by atoms with Crippen LogP contribution in [0.1, 0.15) is 27.6 Å². The maximum Gasteiger partial charge on any atom is 0.338 e. The van der Waals surface area contributed by atoms with Gasteiger partial charge in [-0.1, -0.05) is 0 Å². The third-order valence-corrected chi connectivity index (χ3v) is 2.18. The highest BCUT2D eigenvalue weighted by Gasteiger charge is 2.11. The zero-order valence-corrected chi connectivity index (χ0v) is 10.5. The first kappa shape index (κ1) is 12.7. The Morgan fingerprint density at radius 3 is 2.38 bits per heavy atom. The lowest BCUT2D eigenvalue weighted by atomic mass is 10.1. The van der Waals surface area contributed by atoms with E-state index in [1.807, 2.05) is 0 Å². The second-order valence-corrected chi connectivity index (χ2v) is 3.51. The zero-order valence-electron chi connectivity index (χ0n) is 8.95. The van der Waals surface area contributed by atoms with Crippen LogP contribution in [-0.2, 0) is 4.74 Å². The van der Waals surface area contributed by atoms with Gasteiger partial charge >= 0.3 is 5.97 Å². The molecule has 0 aliphatic carbocycles. The molecule has 5 heteroatoms. The predicted molar refractivity (Wildman–Crippen MR) is 62.2 cm³/mol. The SMILES string of the molecule is COC(=O)c1cc(OCBr)cc(C(C)=O)c1. The van der Waals surface area contributed by atoms with E-state index in [4.69, 9.17) is 4.74 Å². The van der Waals surface area contributed by atoms with Crippen LogP contribution < -0.4 is 4.74 Å². The summed E-state index contributed by atoms with van der Waals surface area (Å²) in [6.07, 6.45) is 0. The summed E-state index contributed by atoms with van der Waals surface area (Å²) in [4.78, 5) is 22.6. The van der Waals surface area contributed by atoms with E-state index in [2.05, 4.69) is 20.7 Å². The lowest BCUT2D eigenvalue weighted by Gasteiger charge is -2.07. The van der Waals surface area contributed by atoms with Crippen LogP contribution in [0.5, 0.6) is 5.75 Å². The number of carbonyl (C=O) groups excluding carboxylic acids is 2. The average Bonchev–Trinajstić information content (AvgIpc) is 2.28. The molecule has 0 heterocycles. The number of Topliss-reactive ketones (excluding diaryl/α,β-unsaturated/α-hetero) is 1. The smallest absolute Gasteiger partial charge is 0.338 e. The number of halogens is 1. The van der Waals surface area contributed by atoms with Crippen LogP contribution in [0.25, 0.3) is 0 Å². The number of carbonyl (C=O) groups is 2. The Balaban J connectivity index is 3.18. The Morgan fingerprint density at radius 2 is 1.88 bits per heavy atom. The fourth-order valence-electron chi connectivity index (χ4n) is 1.18. The van der Waals surface area contributed by atoms with Crippen molar-refractivity contribution in [3.05, 3.63) is 29.3 Å². The molecular weight excluding hydrogens is 276 g/mol. The van der Waals surface area contributed by atoms with Crippen molar-refractivity contribution in [3.63, 3.8) is 0 Å². The number of benzene rings is 1. The van der Waals surface area contributed by atoms with Crippen molar-refractivity contribution >= 4 is 27.7 Å². The van der Waals surface area contributed by atoms with Gasteiger partial charge in [0.25, 0.3) is 0 Å². The number of hydrogen-bond acceptors (Lipinski definition) is 4. The Bertz CT molecular complexity index is 414. The molecule has 0 radical (unpaired) electrons. The number of esters is 1. The molecule has 0 saturated carbocycles. The van der Waals surface area contributed by atoms with Gasteiger partial charge in [0.15, 0.2) is 5.78 Å². The Hall–Kier alpha value is -1.36. The standard InChI is InChI=1S/C11H11BrO4/c1-7(13)8-3-9(11(14)15-2)5-10(4-8)16-6-12/h3-5H,6H2,1-2H3. The summed E-state index contributed by atoms with van der Waals surface area (Å²) in [6.45, 7) is 1.42. The molecule has 0 atom stereocenters. The molecule has 0 amide bonds. The van der Waals surface area contributed by atoms with Gasteiger partial charge in [0.2, 0.25) is 0 Å². The van der Waals surface area contributed by atoms with E-state index in [-0.39, 0.29) is 11.3 Å². The van der Waals surface area contributed by atoms with Crippen LogP contribution in [0.4, 0.5) is 0 Å². The molecule has 86 valence electrons. The van der Waals surface area contributed by atoms with E-state index in [9.17, 15) is 9.59 Å². The Kier molecular flexibility index (Phi) is 4.49. The van der Waals surface area contributed by atoms with E-state index >= 15 is 0 Å². The molecule has 0 aromatic heterocycles. The van der Waals surface area contributed by atoms with Crippen LogP contribution >= 0.6 is 15.9 Å². The largest absolute Gasteiger partial charge is 0.482 e. The molecule has 0 N–H and O–H groups in total. The molecular formula is C11H11BrO4. The number of ether oxygens (including phenoxy) is 2. The number of rotatable bonds is 4. The molecule has 4 nitrogen and oxygen atoms in total. The summed E-state index contributed by atoms with van der Waals surface area (Å²) < 4.78 is 9.78. The lowest BCUT2D eigenvalue weighted by molar-refractivity contribution is 0.0600. The van der Waals surface area contributed by atoms with E-state index < -0.39 is 5.97 Å². The van der Waals surface area contributed by atoms with Gasteiger partial charge in [-0.2, -0.15) is 0 Å². The quantitative estimate of drug-likeness (QED) is 0.485. The zero-order chi connectivity index (χ0) is 12.1. The van der Waals surface area contributed by atoms with Gasteiger partial charge in [-0.3, -0.25) is 4.79 Å². The summed E-state index contributed by atoms with van der Waals surface area (Å²) in [5.74, 6) is -0.183. The normalized spacial score (nSPS) is 9.69. The van der Waals surface area contributed by atoms with Gasteiger partial charge in [-0.15, -0.1) is 0 Å². The highest BCUT2D eigenvalue weighted by molar-refractivity contribution is 9.09. The fraction of sp³-hybridized carbons (Fsp3) is 0.273. The minimum atomic E-state index is -0.498. The molecule has 1 aromatic rings. The van der Waals surface area contributed by atoms with Crippen molar-refractivity contribution in [3.8, 4) is 5.75 Å². The minimum Gasteiger partial charge on any atom is -0.482 e. The molecule has 0 saturated heterocycles. The van der Waals surface area contributed by atoms with E-state index in [0.29, 0.717) is 16.9 Å². The molecule has 0 unspecified atom stereocenters. The van der Waals surface area contributed by atoms with Gasteiger partial charge in [0, 0.05) is 5.56 Å². The third kappa shape index (κ3) is 3.06. The predicted octanol–water partition coefficient (Wildman–Crippen LogP) is 2.41. The second kappa shape index (κ2) is 5.65. The highest BCUT2D eigenvalue weighted by Crippen LogP contribution is 2.19. The van der Waals surface area contributed by atoms with Gasteiger partial charge < -0.3 is 9.47 Å². The summed E-state index contributed by atoms with van der Waals surface area (Å²) in [5.41, 5.74) is 1.000. The first-order valence-electron chi connectivity index (χ1n) is 4.51. The molecule has 16 heavy (non-hydrogen) atoms. The van der Waals surface area contributed by atoms with E-state index in [1.54, 1.807) is 6.07 Å². The number of methoxy groups -OCH3 is 1. The summed E-state index contributed by atoms with van der Waals surface area (Å²) in [7, 11) is 1.29. The first-order valence-corrected chi connectivity index (χ1v) is 5.63. The van der Waals surface area contributed by atoms with Crippen molar-refractivity contribution in [1.29, 1.82) is 0 Å². The topological polar surface area (TPSA) is 52.6 Å². The van der Waals surface area contributed by atoms with Gasteiger partial charge in [0.05, 0.1) is 12.7 Å². The van der Waals surface area contributed by atoms with Crippen molar-refractivity contribution in [2.75, 3.05) is 12.6 Å². The third-order valence-electron chi connectivity index (χ3n) is 1.96. The van der Waals surface area contributed by atoms with Crippen LogP contribution in [0, 0.1) is 0 Å². The summed E-state index contributed by atoms with van der Waals surface area (Å²) in [5, 5.41) is 0. The van der Waals surface area contributed by atoms with E-state index in [1.165, 1.54) is 26.2 Å². The molecule has 1 rings (SSSR count). The number of alkyl halides is 1. The molecule has 1 aromatic carbocycles. The average molecular weight is 287 g/mol. The molecule has 0 bridgehead atoms. The van der Waals surface area contributed by atoms with Crippen molar-refractivity contribution < 1.29 is 19.1 Å². The molecule has 0 aliphatic rings. The highest BCUT2D eigenvalue weighted by atomic mass is 79.9. The van der Waals surface area contributed by atoms with Gasteiger partial charge in [0.1, 0.15) is 11.3 Å². The second-order valence-electron chi connectivity index (χ2n) is 3.05. The maximum absolute atomic E-state index is 11.3. The fourth-order valence-corrected chi connectivity index (χ4v) is 1.45. The number of ketones is 1. The molecule has 0 aliphatic heterocycles. The molecule has 0 spiro atoms. The van der Waals surface area contributed by atoms with Crippen molar-refractivity contribution in [2.45, 2.75) is 6.92 Å². The molecule has 0 fully saturated rings.